The molecule has 2 aromatic rings. The lowest BCUT2D eigenvalue weighted by molar-refractivity contribution is -0.385. The quantitative estimate of drug-likeness (QED) is 0.426. The van der Waals surface area contributed by atoms with Gasteiger partial charge in [0.05, 0.1) is 11.5 Å². The van der Waals surface area contributed by atoms with E-state index >= 15 is 0 Å². The molecule has 0 bridgehead atoms. The molecule has 126 valence electrons. The van der Waals surface area contributed by atoms with Gasteiger partial charge in [-0.25, -0.2) is 0 Å². The first-order chi connectivity index (χ1) is 11.4. The Kier molecular flexibility index (Phi) is 5.79. The zero-order valence-corrected chi connectivity index (χ0v) is 13.7. The average Bonchev–Trinajstić information content (AvgIpc) is 3.02. The second kappa shape index (κ2) is 8.02. The van der Waals surface area contributed by atoms with Crippen LogP contribution < -0.4 is 16.2 Å². The van der Waals surface area contributed by atoms with E-state index in [1.807, 2.05) is 31.2 Å². The van der Waals surface area contributed by atoms with Crippen molar-refractivity contribution >= 4 is 34.6 Å². The number of anilines is 1. The third-order valence-electron chi connectivity index (χ3n) is 3.02. The summed E-state index contributed by atoms with van der Waals surface area (Å²) in [4.78, 5) is 21.7. The van der Waals surface area contributed by atoms with Gasteiger partial charge in [0.25, 0.3) is 0 Å². The average molecular weight is 348 g/mol. The Hall–Kier alpha value is -3.01. The molecule has 0 aliphatic rings. The summed E-state index contributed by atoms with van der Waals surface area (Å²) in [5.41, 5.74) is 6.85. The molecular weight excluding hydrogens is 332 g/mol. The number of aryl methyl sites for hydroxylation is 2. The van der Waals surface area contributed by atoms with Gasteiger partial charge in [0.1, 0.15) is 12.4 Å². The molecule has 0 unspecified atom stereocenters. The SMILES string of the molecule is Cc1ccc(NC(=S)NNC(=O)CCn2cc([N+](=O)[O-])cn2)cc1. The van der Waals surface area contributed by atoms with Gasteiger partial charge in [0, 0.05) is 12.1 Å². The van der Waals surface area contributed by atoms with E-state index in [9.17, 15) is 14.9 Å². The normalized spacial score (nSPS) is 10.0. The van der Waals surface area contributed by atoms with Crippen molar-refractivity contribution < 1.29 is 9.72 Å². The molecular formula is C14H16N6O3S. The van der Waals surface area contributed by atoms with E-state index < -0.39 is 4.92 Å². The van der Waals surface area contributed by atoms with Crippen molar-refractivity contribution in [1.29, 1.82) is 0 Å². The molecule has 24 heavy (non-hydrogen) atoms. The zero-order chi connectivity index (χ0) is 17.5. The Morgan fingerprint density at radius 2 is 2.04 bits per heavy atom. The van der Waals surface area contributed by atoms with E-state index in [2.05, 4.69) is 21.3 Å². The minimum Gasteiger partial charge on any atom is -0.331 e. The van der Waals surface area contributed by atoms with Crippen LogP contribution in [-0.2, 0) is 11.3 Å². The van der Waals surface area contributed by atoms with E-state index in [1.54, 1.807) is 0 Å². The van der Waals surface area contributed by atoms with E-state index in [4.69, 9.17) is 12.2 Å². The number of nitrogens with zero attached hydrogens (tertiary/aromatic N) is 3. The number of carbonyl (C=O) groups excluding carboxylic acids is 1. The van der Waals surface area contributed by atoms with Gasteiger partial charge in [-0.15, -0.1) is 0 Å². The molecule has 1 heterocycles. The lowest BCUT2D eigenvalue weighted by atomic mass is 10.2. The second-order valence-electron chi connectivity index (χ2n) is 4.96. The minimum absolute atomic E-state index is 0.0962. The van der Waals surface area contributed by atoms with Crippen molar-refractivity contribution in [2.75, 3.05) is 5.32 Å². The van der Waals surface area contributed by atoms with Crippen molar-refractivity contribution in [2.24, 2.45) is 0 Å². The number of nitro groups is 1. The molecule has 2 rings (SSSR count). The predicted molar refractivity (Wildman–Crippen MR) is 92.2 cm³/mol. The third kappa shape index (κ3) is 5.32. The number of benzene rings is 1. The lowest BCUT2D eigenvalue weighted by Crippen LogP contribution is -2.44. The highest BCUT2D eigenvalue weighted by Crippen LogP contribution is 2.08. The van der Waals surface area contributed by atoms with Gasteiger partial charge in [-0.3, -0.25) is 30.4 Å². The van der Waals surface area contributed by atoms with Crippen LogP contribution in [0.2, 0.25) is 0 Å². The molecule has 0 fully saturated rings. The van der Waals surface area contributed by atoms with Crippen LogP contribution >= 0.6 is 12.2 Å². The summed E-state index contributed by atoms with van der Waals surface area (Å²) in [6, 6.07) is 7.62. The number of amides is 1. The number of hydrogen-bond donors (Lipinski definition) is 3. The van der Waals surface area contributed by atoms with E-state index in [1.165, 1.54) is 10.9 Å². The molecule has 3 N–H and O–H groups in total. The van der Waals surface area contributed by atoms with E-state index in [0.29, 0.717) is 0 Å². The molecule has 1 aromatic carbocycles. The summed E-state index contributed by atoms with van der Waals surface area (Å²) in [5, 5.41) is 17.5. The minimum atomic E-state index is -0.541. The van der Waals surface area contributed by atoms with Crippen molar-refractivity contribution in [3.63, 3.8) is 0 Å². The van der Waals surface area contributed by atoms with Gasteiger partial charge >= 0.3 is 5.69 Å². The van der Waals surface area contributed by atoms with Crippen LogP contribution in [0.5, 0.6) is 0 Å². The van der Waals surface area contributed by atoms with Gasteiger partial charge in [-0.1, -0.05) is 17.7 Å². The number of thiocarbonyl (C=S) groups is 1. The van der Waals surface area contributed by atoms with Gasteiger partial charge in [0.15, 0.2) is 5.11 Å². The molecule has 0 saturated carbocycles. The van der Waals surface area contributed by atoms with Crippen LogP contribution in [-0.4, -0.2) is 25.7 Å². The van der Waals surface area contributed by atoms with Crippen LogP contribution in [0.3, 0.4) is 0 Å². The molecule has 0 spiro atoms. The van der Waals surface area contributed by atoms with E-state index in [-0.39, 0.29) is 29.7 Å². The molecule has 0 atom stereocenters. The Morgan fingerprint density at radius 3 is 2.67 bits per heavy atom. The summed E-state index contributed by atoms with van der Waals surface area (Å²) in [7, 11) is 0. The van der Waals surface area contributed by atoms with Crippen LogP contribution in [0.1, 0.15) is 12.0 Å². The van der Waals surface area contributed by atoms with Crippen LogP contribution in [0, 0.1) is 17.0 Å². The molecule has 0 aliphatic heterocycles. The Bertz CT molecular complexity index is 743. The predicted octanol–water partition coefficient (Wildman–Crippen LogP) is 1.51. The maximum atomic E-state index is 11.7. The fourth-order valence-corrected chi connectivity index (χ4v) is 1.94. The molecule has 9 nitrogen and oxygen atoms in total. The number of aromatic nitrogens is 2. The Balaban J connectivity index is 1.71. The lowest BCUT2D eigenvalue weighted by Gasteiger charge is -2.11. The smallest absolute Gasteiger partial charge is 0.306 e. The van der Waals surface area contributed by atoms with Crippen molar-refractivity contribution in [3.8, 4) is 0 Å². The largest absolute Gasteiger partial charge is 0.331 e. The molecule has 0 saturated heterocycles. The summed E-state index contributed by atoms with van der Waals surface area (Å²) in [6.45, 7) is 2.20. The Morgan fingerprint density at radius 1 is 1.33 bits per heavy atom. The highest BCUT2D eigenvalue weighted by Gasteiger charge is 2.10. The first-order valence-corrected chi connectivity index (χ1v) is 7.44. The first kappa shape index (κ1) is 17.3. The second-order valence-corrected chi connectivity index (χ2v) is 5.37. The van der Waals surface area contributed by atoms with Gasteiger partial charge < -0.3 is 5.32 Å². The van der Waals surface area contributed by atoms with Crippen molar-refractivity contribution in [2.45, 2.75) is 19.9 Å². The Labute approximate surface area is 143 Å². The van der Waals surface area contributed by atoms with Gasteiger partial charge in [-0.05, 0) is 31.3 Å². The van der Waals surface area contributed by atoms with E-state index in [0.717, 1.165) is 17.4 Å². The summed E-state index contributed by atoms with van der Waals surface area (Å²) in [6.07, 6.45) is 2.50. The number of rotatable bonds is 5. The number of hydrazine groups is 1. The summed E-state index contributed by atoms with van der Waals surface area (Å²) < 4.78 is 1.33. The molecule has 1 aromatic heterocycles. The summed E-state index contributed by atoms with van der Waals surface area (Å²) >= 11 is 5.07. The topological polar surface area (TPSA) is 114 Å². The monoisotopic (exact) mass is 348 g/mol. The first-order valence-electron chi connectivity index (χ1n) is 7.03. The number of hydrogen-bond acceptors (Lipinski definition) is 5. The number of carbonyl (C=O) groups is 1. The maximum Gasteiger partial charge on any atom is 0.306 e. The van der Waals surface area contributed by atoms with Gasteiger partial charge in [0.2, 0.25) is 5.91 Å². The third-order valence-corrected chi connectivity index (χ3v) is 3.23. The molecule has 0 radical (unpaired) electrons. The van der Waals surface area contributed by atoms with Crippen LogP contribution in [0.4, 0.5) is 11.4 Å². The highest BCUT2D eigenvalue weighted by atomic mass is 32.1. The maximum absolute atomic E-state index is 11.7. The standard InChI is InChI=1S/C14H16N6O3S/c1-10-2-4-11(5-3-10)16-14(24)18-17-13(21)6-7-19-9-12(8-15-19)20(22)23/h2-5,8-9H,6-7H2,1H3,(H,17,21)(H2,16,18,24). The summed E-state index contributed by atoms with van der Waals surface area (Å²) in [5.74, 6) is -0.318. The zero-order valence-electron chi connectivity index (χ0n) is 12.9. The van der Waals surface area contributed by atoms with Crippen molar-refractivity contribution in [3.05, 3.63) is 52.3 Å². The van der Waals surface area contributed by atoms with Crippen LogP contribution in [0.25, 0.3) is 0 Å². The molecule has 0 aliphatic carbocycles. The van der Waals surface area contributed by atoms with Gasteiger partial charge in [-0.2, -0.15) is 5.10 Å². The number of nitrogens with one attached hydrogen (secondary N) is 3. The molecule has 10 heteroatoms. The fraction of sp³-hybridized carbons (Fsp3) is 0.214. The van der Waals surface area contributed by atoms with Crippen LogP contribution in [0.15, 0.2) is 36.7 Å². The highest BCUT2D eigenvalue weighted by molar-refractivity contribution is 7.80. The fourth-order valence-electron chi connectivity index (χ4n) is 1.77. The van der Waals surface area contributed by atoms with Crippen molar-refractivity contribution in [1.82, 2.24) is 20.6 Å². The molecule has 1 amide bonds.